The number of esters is 1. The summed E-state index contributed by atoms with van der Waals surface area (Å²) in [6, 6.07) is 6.11. The first-order valence-electron chi connectivity index (χ1n) is 6.22. The highest BCUT2D eigenvalue weighted by molar-refractivity contribution is 7.89. The lowest BCUT2D eigenvalue weighted by atomic mass is 10.2. The number of carbonyl (C=O) groups is 1. The summed E-state index contributed by atoms with van der Waals surface area (Å²) in [5.74, 6) is -0.295. The van der Waals surface area contributed by atoms with E-state index in [1.165, 1.54) is 18.3 Å². The van der Waals surface area contributed by atoms with Gasteiger partial charge in [0.05, 0.1) is 11.5 Å². The SMILES string of the molecule is CCOC(=O)c1nccn1Cc1ccc(S(N)(=O)=O)cc1. The molecule has 0 saturated carbocycles. The largest absolute Gasteiger partial charge is 0.460 e. The fourth-order valence-corrected chi connectivity index (χ4v) is 2.32. The van der Waals surface area contributed by atoms with Gasteiger partial charge in [-0.25, -0.2) is 23.3 Å². The molecule has 0 amide bonds. The minimum atomic E-state index is -3.70. The van der Waals surface area contributed by atoms with Gasteiger partial charge in [0.2, 0.25) is 15.8 Å². The van der Waals surface area contributed by atoms with Gasteiger partial charge >= 0.3 is 5.97 Å². The number of carbonyl (C=O) groups excluding carboxylic acids is 1. The smallest absolute Gasteiger partial charge is 0.374 e. The van der Waals surface area contributed by atoms with E-state index in [-0.39, 0.29) is 17.3 Å². The summed E-state index contributed by atoms with van der Waals surface area (Å²) in [5, 5.41) is 5.04. The molecule has 1 aromatic carbocycles. The predicted octanol–water partition coefficient (Wildman–Crippen LogP) is 0.755. The number of nitrogens with two attached hydrogens (primary N) is 1. The number of hydrogen-bond donors (Lipinski definition) is 1. The van der Waals surface area contributed by atoms with Gasteiger partial charge < -0.3 is 9.30 Å². The van der Waals surface area contributed by atoms with Crippen molar-refractivity contribution in [2.75, 3.05) is 6.61 Å². The number of hydrogen-bond acceptors (Lipinski definition) is 5. The van der Waals surface area contributed by atoms with Crippen molar-refractivity contribution in [3.05, 3.63) is 48.0 Å². The van der Waals surface area contributed by atoms with Crippen molar-refractivity contribution in [1.29, 1.82) is 0 Å². The van der Waals surface area contributed by atoms with Gasteiger partial charge in [-0.3, -0.25) is 0 Å². The molecule has 2 rings (SSSR count). The van der Waals surface area contributed by atoms with Gasteiger partial charge in [-0.1, -0.05) is 12.1 Å². The van der Waals surface area contributed by atoms with Crippen LogP contribution in [0.15, 0.2) is 41.6 Å². The summed E-state index contributed by atoms with van der Waals surface area (Å²) in [6.45, 7) is 2.37. The molecule has 112 valence electrons. The third kappa shape index (κ3) is 3.67. The molecule has 21 heavy (non-hydrogen) atoms. The van der Waals surface area contributed by atoms with Crippen LogP contribution in [0.4, 0.5) is 0 Å². The lowest BCUT2D eigenvalue weighted by molar-refractivity contribution is 0.0507. The second-order valence-electron chi connectivity index (χ2n) is 4.29. The second-order valence-corrected chi connectivity index (χ2v) is 5.85. The first kappa shape index (κ1) is 15.2. The molecule has 0 radical (unpaired) electrons. The minimum absolute atomic E-state index is 0.0440. The van der Waals surface area contributed by atoms with Crippen LogP contribution < -0.4 is 5.14 Å². The van der Waals surface area contributed by atoms with Crippen LogP contribution in [0.25, 0.3) is 0 Å². The summed E-state index contributed by atoms with van der Waals surface area (Å²) in [4.78, 5) is 15.7. The highest BCUT2D eigenvalue weighted by Crippen LogP contribution is 2.11. The summed E-state index contributed by atoms with van der Waals surface area (Å²) in [6.07, 6.45) is 3.16. The summed E-state index contributed by atoms with van der Waals surface area (Å²) in [7, 11) is -3.70. The molecular weight excluding hydrogens is 294 g/mol. The van der Waals surface area contributed by atoms with E-state index in [1.54, 1.807) is 29.8 Å². The van der Waals surface area contributed by atoms with Crippen LogP contribution >= 0.6 is 0 Å². The first-order chi connectivity index (χ1) is 9.91. The van der Waals surface area contributed by atoms with E-state index >= 15 is 0 Å². The van der Waals surface area contributed by atoms with Gasteiger partial charge in [0, 0.05) is 18.9 Å². The fourth-order valence-electron chi connectivity index (χ4n) is 1.80. The third-order valence-electron chi connectivity index (χ3n) is 2.78. The zero-order valence-electron chi connectivity index (χ0n) is 11.4. The molecule has 8 heteroatoms. The Morgan fingerprint density at radius 3 is 2.57 bits per heavy atom. The van der Waals surface area contributed by atoms with Crippen molar-refractivity contribution in [3.8, 4) is 0 Å². The van der Waals surface area contributed by atoms with E-state index in [4.69, 9.17) is 9.88 Å². The van der Waals surface area contributed by atoms with Crippen LogP contribution in [0.5, 0.6) is 0 Å². The Morgan fingerprint density at radius 2 is 2.00 bits per heavy atom. The molecular formula is C13H15N3O4S. The third-order valence-corrected chi connectivity index (χ3v) is 3.71. The monoisotopic (exact) mass is 309 g/mol. The van der Waals surface area contributed by atoms with Crippen LogP contribution in [-0.2, 0) is 21.3 Å². The molecule has 0 saturated heterocycles. The maximum atomic E-state index is 11.7. The van der Waals surface area contributed by atoms with Crippen molar-refractivity contribution in [2.24, 2.45) is 5.14 Å². The van der Waals surface area contributed by atoms with E-state index < -0.39 is 16.0 Å². The standard InChI is InChI=1S/C13H15N3O4S/c1-2-20-13(17)12-15-7-8-16(12)9-10-3-5-11(6-4-10)21(14,18)19/h3-8H,2,9H2,1H3,(H2,14,18,19). The average Bonchev–Trinajstić information content (AvgIpc) is 2.87. The zero-order valence-corrected chi connectivity index (χ0v) is 12.2. The van der Waals surface area contributed by atoms with E-state index in [9.17, 15) is 13.2 Å². The molecule has 2 aromatic rings. The van der Waals surface area contributed by atoms with Gasteiger partial charge in [-0.15, -0.1) is 0 Å². The fraction of sp³-hybridized carbons (Fsp3) is 0.231. The molecule has 0 aliphatic carbocycles. The molecule has 0 aliphatic rings. The van der Waals surface area contributed by atoms with Gasteiger partial charge in [-0.2, -0.15) is 0 Å². The van der Waals surface area contributed by atoms with Gasteiger partial charge in [0.25, 0.3) is 0 Å². The Balaban J connectivity index is 2.20. The van der Waals surface area contributed by atoms with Crippen molar-refractivity contribution < 1.29 is 17.9 Å². The van der Waals surface area contributed by atoms with Crippen LogP contribution in [0, 0.1) is 0 Å². The molecule has 2 N–H and O–H groups in total. The lowest BCUT2D eigenvalue weighted by Crippen LogP contribution is -2.14. The number of ether oxygens (including phenoxy) is 1. The number of primary sulfonamides is 1. The molecule has 0 fully saturated rings. The van der Waals surface area contributed by atoms with E-state index in [0.717, 1.165) is 5.56 Å². The van der Waals surface area contributed by atoms with Crippen LogP contribution in [-0.4, -0.2) is 30.5 Å². The molecule has 0 atom stereocenters. The predicted molar refractivity (Wildman–Crippen MR) is 75.1 cm³/mol. The second kappa shape index (κ2) is 6.06. The molecule has 0 spiro atoms. The van der Waals surface area contributed by atoms with Crippen molar-refractivity contribution >= 4 is 16.0 Å². The number of imidazole rings is 1. The lowest BCUT2D eigenvalue weighted by Gasteiger charge is -2.08. The molecule has 0 unspecified atom stereocenters. The Bertz CT molecular complexity index is 735. The highest BCUT2D eigenvalue weighted by atomic mass is 32.2. The Kier molecular flexibility index (Phi) is 4.39. The Morgan fingerprint density at radius 1 is 1.33 bits per heavy atom. The topological polar surface area (TPSA) is 104 Å². The van der Waals surface area contributed by atoms with E-state index in [2.05, 4.69) is 4.98 Å². The zero-order chi connectivity index (χ0) is 15.5. The van der Waals surface area contributed by atoms with Crippen LogP contribution in [0.2, 0.25) is 0 Å². The first-order valence-corrected chi connectivity index (χ1v) is 7.76. The van der Waals surface area contributed by atoms with Crippen molar-refractivity contribution in [1.82, 2.24) is 9.55 Å². The molecule has 7 nitrogen and oxygen atoms in total. The summed E-state index contributed by atoms with van der Waals surface area (Å²) < 4.78 is 28.9. The number of aromatic nitrogens is 2. The van der Waals surface area contributed by atoms with Gasteiger partial charge in [-0.05, 0) is 24.6 Å². The number of sulfonamides is 1. The molecule has 1 aromatic heterocycles. The normalized spacial score (nSPS) is 11.3. The maximum Gasteiger partial charge on any atom is 0.374 e. The average molecular weight is 309 g/mol. The highest BCUT2D eigenvalue weighted by Gasteiger charge is 2.14. The van der Waals surface area contributed by atoms with E-state index in [0.29, 0.717) is 6.54 Å². The number of benzene rings is 1. The number of rotatable bonds is 5. The van der Waals surface area contributed by atoms with Gasteiger partial charge in [0.1, 0.15) is 0 Å². The van der Waals surface area contributed by atoms with Crippen LogP contribution in [0.3, 0.4) is 0 Å². The number of nitrogens with zero attached hydrogens (tertiary/aromatic N) is 2. The molecule has 0 aliphatic heterocycles. The van der Waals surface area contributed by atoms with Crippen molar-refractivity contribution in [3.63, 3.8) is 0 Å². The molecule has 0 bridgehead atoms. The van der Waals surface area contributed by atoms with Crippen LogP contribution in [0.1, 0.15) is 23.1 Å². The maximum absolute atomic E-state index is 11.7. The minimum Gasteiger partial charge on any atom is -0.460 e. The summed E-state index contributed by atoms with van der Waals surface area (Å²) in [5.41, 5.74) is 0.811. The van der Waals surface area contributed by atoms with Gasteiger partial charge in [0.15, 0.2) is 0 Å². The Labute approximate surface area is 122 Å². The quantitative estimate of drug-likeness (QED) is 0.821. The Hall–Kier alpha value is -2.19. The molecule has 1 heterocycles. The van der Waals surface area contributed by atoms with Crippen molar-refractivity contribution in [2.45, 2.75) is 18.4 Å². The van der Waals surface area contributed by atoms with E-state index in [1.807, 2.05) is 0 Å². The summed E-state index contributed by atoms with van der Waals surface area (Å²) >= 11 is 0.